The van der Waals surface area contributed by atoms with E-state index in [9.17, 15) is 9.59 Å². The summed E-state index contributed by atoms with van der Waals surface area (Å²) in [7, 11) is 0. The Bertz CT molecular complexity index is 496. The highest BCUT2D eigenvalue weighted by molar-refractivity contribution is 7.15. The molecule has 19 heavy (non-hydrogen) atoms. The van der Waals surface area contributed by atoms with Crippen LogP contribution in [0.4, 0.5) is 5.13 Å². The lowest BCUT2D eigenvalue weighted by atomic mass is 9.92. The quantitative estimate of drug-likeness (QED) is 0.841. The maximum absolute atomic E-state index is 12.1. The van der Waals surface area contributed by atoms with Crippen LogP contribution in [0.15, 0.2) is 6.20 Å². The van der Waals surface area contributed by atoms with Crippen LogP contribution < -0.4 is 5.32 Å². The number of anilines is 1. The van der Waals surface area contributed by atoms with E-state index < -0.39 is 5.41 Å². The molecule has 104 valence electrons. The molecule has 5 nitrogen and oxygen atoms in total. The third-order valence-electron chi connectivity index (χ3n) is 3.11. The van der Waals surface area contributed by atoms with Crippen LogP contribution in [0.3, 0.4) is 0 Å². The van der Waals surface area contributed by atoms with E-state index in [1.54, 1.807) is 6.20 Å². The second-order valence-corrected chi connectivity index (χ2v) is 6.52. The van der Waals surface area contributed by atoms with Crippen molar-refractivity contribution in [1.29, 1.82) is 0 Å². The predicted molar refractivity (Wildman–Crippen MR) is 74.8 cm³/mol. The molecule has 0 aliphatic carbocycles. The number of likely N-dealkylation sites (tertiary alicyclic amines) is 1. The molecule has 1 N–H and O–H groups in total. The molecule has 1 aliphatic heterocycles. The van der Waals surface area contributed by atoms with E-state index in [1.807, 2.05) is 13.8 Å². The van der Waals surface area contributed by atoms with Crippen LogP contribution >= 0.6 is 11.3 Å². The molecule has 0 unspecified atom stereocenters. The lowest BCUT2D eigenvalue weighted by molar-refractivity contribution is -0.141. The Hall–Kier alpha value is -1.43. The normalized spacial score (nSPS) is 18.2. The molecule has 2 rings (SSSR count). The summed E-state index contributed by atoms with van der Waals surface area (Å²) in [6.45, 7) is 6.93. The van der Waals surface area contributed by atoms with Gasteiger partial charge < -0.3 is 5.32 Å². The van der Waals surface area contributed by atoms with Gasteiger partial charge in [-0.2, -0.15) is 0 Å². The standard InChI is InChI=1S/C13H19N3O2S/c1-4-5-14-12-15-7-9(19-12)8-16-10(17)6-13(2,3)11(16)18/h7H,4-6,8H2,1-3H3,(H,14,15). The molecule has 2 heterocycles. The van der Waals surface area contributed by atoms with Crippen LogP contribution in [0, 0.1) is 5.41 Å². The molecule has 6 heteroatoms. The summed E-state index contributed by atoms with van der Waals surface area (Å²) in [5, 5.41) is 4.04. The third kappa shape index (κ3) is 2.94. The summed E-state index contributed by atoms with van der Waals surface area (Å²) < 4.78 is 0. The van der Waals surface area contributed by atoms with Crippen molar-refractivity contribution in [2.24, 2.45) is 5.41 Å². The van der Waals surface area contributed by atoms with Gasteiger partial charge in [0.25, 0.3) is 0 Å². The van der Waals surface area contributed by atoms with Crippen molar-refractivity contribution in [3.8, 4) is 0 Å². The summed E-state index contributed by atoms with van der Waals surface area (Å²) in [5.74, 6) is -0.180. The second-order valence-electron chi connectivity index (χ2n) is 5.40. The van der Waals surface area contributed by atoms with Gasteiger partial charge in [0.2, 0.25) is 11.8 Å². The van der Waals surface area contributed by atoms with Gasteiger partial charge in [0.1, 0.15) is 0 Å². The molecular weight excluding hydrogens is 262 g/mol. The molecule has 1 saturated heterocycles. The van der Waals surface area contributed by atoms with E-state index in [0.29, 0.717) is 13.0 Å². The average Bonchev–Trinajstić information content (AvgIpc) is 2.86. The summed E-state index contributed by atoms with van der Waals surface area (Å²) in [5.41, 5.74) is -0.564. The highest BCUT2D eigenvalue weighted by Crippen LogP contribution is 2.33. The Balaban J connectivity index is 2.03. The van der Waals surface area contributed by atoms with Gasteiger partial charge in [0.15, 0.2) is 5.13 Å². The first-order chi connectivity index (χ1) is 8.94. The molecule has 0 radical (unpaired) electrons. The van der Waals surface area contributed by atoms with Crippen molar-refractivity contribution < 1.29 is 9.59 Å². The van der Waals surface area contributed by atoms with Crippen LogP contribution in [-0.4, -0.2) is 28.2 Å². The first kappa shape index (κ1) is 14.0. The fourth-order valence-corrected chi connectivity index (χ4v) is 2.86. The average molecular weight is 281 g/mol. The van der Waals surface area contributed by atoms with Crippen molar-refractivity contribution >= 4 is 28.3 Å². The number of hydrogen-bond donors (Lipinski definition) is 1. The van der Waals surface area contributed by atoms with Crippen molar-refractivity contribution in [2.45, 2.75) is 40.2 Å². The van der Waals surface area contributed by atoms with E-state index in [-0.39, 0.29) is 11.8 Å². The zero-order valence-corrected chi connectivity index (χ0v) is 12.3. The van der Waals surface area contributed by atoms with Gasteiger partial charge in [-0.3, -0.25) is 14.5 Å². The first-order valence-corrected chi connectivity index (χ1v) is 7.29. The molecule has 1 aromatic rings. The van der Waals surface area contributed by atoms with Crippen LogP contribution in [0.5, 0.6) is 0 Å². The lowest BCUT2D eigenvalue weighted by Gasteiger charge is -2.16. The van der Waals surface area contributed by atoms with Gasteiger partial charge in [-0.05, 0) is 6.42 Å². The topological polar surface area (TPSA) is 62.3 Å². The van der Waals surface area contributed by atoms with Gasteiger partial charge in [-0.15, -0.1) is 11.3 Å². The van der Waals surface area contributed by atoms with Crippen LogP contribution in [0.1, 0.15) is 38.5 Å². The number of nitrogens with one attached hydrogen (secondary N) is 1. The fraction of sp³-hybridized carbons (Fsp3) is 0.615. The predicted octanol–water partition coefficient (Wildman–Crippen LogP) is 2.25. The number of carbonyl (C=O) groups excluding carboxylic acids is 2. The summed E-state index contributed by atoms with van der Waals surface area (Å²) in [4.78, 5) is 30.5. The zero-order chi connectivity index (χ0) is 14.0. The Morgan fingerprint density at radius 3 is 2.79 bits per heavy atom. The van der Waals surface area contributed by atoms with Gasteiger partial charge in [-0.1, -0.05) is 20.8 Å². The Morgan fingerprint density at radius 1 is 1.47 bits per heavy atom. The SMILES string of the molecule is CCCNc1ncc(CN2C(=O)CC(C)(C)C2=O)s1. The van der Waals surface area contributed by atoms with Gasteiger partial charge in [0.05, 0.1) is 12.0 Å². The monoisotopic (exact) mass is 281 g/mol. The highest BCUT2D eigenvalue weighted by Gasteiger charge is 2.44. The minimum absolute atomic E-state index is 0.0889. The van der Waals surface area contributed by atoms with Crippen LogP contribution in [0.25, 0.3) is 0 Å². The summed E-state index contributed by atoms with van der Waals surface area (Å²) in [6, 6.07) is 0. The second kappa shape index (κ2) is 5.28. The number of aromatic nitrogens is 1. The minimum Gasteiger partial charge on any atom is -0.362 e. The number of nitrogens with zero attached hydrogens (tertiary/aromatic N) is 2. The smallest absolute Gasteiger partial charge is 0.235 e. The Morgan fingerprint density at radius 2 is 2.21 bits per heavy atom. The van der Waals surface area contributed by atoms with Gasteiger partial charge in [0, 0.05) is 24.0 Å². The molecular formula is C13H19N3O2S. The van der Waals surface area contributed by atoms with Crippen molar-refractivity contribution in [3.63, 3.8) is 0 Å². The number of rotatable bonds is 5. The number of imide groups is 1. The van der Waals surface area contributed by atoms with Gasteiger partial charge in [-0.25, -0.2) is 4.98 Å². The van der Waals surface area contributed by atoms with Crippen molar-refractivity contribution in [1.82, 2.24) is 9.88 Å². The van der Waals surface area contributed by atoms with Crippen LogP contribution in [0.2, 0.25) is 0 Å². The number of carbonyl (C=O) groups is 2. The minimum atomic E-state index is -0.564. The molecule has 1 fully saturated rings. The fourth-order valence-electron chi connectivity index (χ4n) is 2.04. The molecule has 0 aromatic carbocycles. The third-order valence-corrected chi connectivity index (χ3v) is 4.05. The zero-order valence-electron chi connectivity index (χ0n) is 11.5. The molecule has 0 bridgehead atoms. The van der Waals surface area contributed by atoms with Crippen LogP contribution in [-0.2, 0) is 16.1 Å². The Labute approximate surface area is 117 Å². The van der Waals surface area contributed by atoms with E-state index >= 15 is 0 Å². The Kier molecular flexibility index (Phi) is 3.89. The van der Waals surface area contributed by atoms with Crippen molar-refractivity contribution in [2.75, 3.05) is 11.9 Å². The number of hydrogen-bond acceptors (Lipinski definition) is 5. The number of amides is 2. The summed E-state index contributed by atoms with van der Waals surface area (Å²) >= 11 is 1.50. The van der Waals surface area contributed by atoms with E-state index in [4.69, 9.17) is 0 Å². The molecule has 0 spiro atoms. The maximum atomic E-state index is 12.1. The van der Waals surface area contributed by atoms with Gasteiger partial charge >= 0.3 is 0 Å². The number of thiazole rings is 1. The van der Waals surface area contributed by atoms with E-state index in [0.717, 1.165) is 23.0 Å². The molecule has 0 atom stereocenters. The lowest BCUT2D eigenvalue weighted by Crippen LogP contribution is -2.32. The first-order valence-electron chi connectivity index (χ1n) is 6.47. The molecule has 0 saturated carbocycles. The van der Waals surface area contributed by atoms with E-state index in [2.05, 4.69) is 17.2 Å². The largest absolute Gasteiger partial charge is 0.362 e. The maximum Gasteiger partial charge on any atom is 0.235 e. The van der Waals surface area contributed by atoms with E-state index in [1.165, 1.54) is 16.2 Å². The molecule has 2 amide bonds. The molecule has 1 aliphatic rings. The summed E-state index contributed by atoms with van der Waals surface area (Å²) in [6.07, 6.45) is 3.06. The van der Waals surface area contributed by atoms with Crippen molar-refractivity contribution in [3.05, 3.63) is 11.1 Å². The highest BCUT2D eigenvalue weighted by atomic mass is 32.1. The molecule has 1 aromatic heterocycles.